The van der Waals surface area contributed by atoms with E-state index in [1.165, 1.54) is 0 Å². The van der Waals surface area contributed by atoms with Crippen LogP contribution in [-0.4, -0.2) is 11.9 Å². The van der Waals surface area contributed by atoms with Gasteiger partial charge in [0.25, 0.3) is 0 Å². The molecule has 1 aliphatic rings. The van der Waals surface area contributed by atoms with Gasteiger partial charge in [-0.15, -0.1) is 10.2 Å². The maximum absolute atomic E-state index is 5.55. The van der Waals surface area contributed by atoms with Gasteiger partial charge >= 0.3 is 0 Å². The van der Waals surface area contributed by atoms with Crippen LogP contribution in [0.1, 0.15) is 13.3 Å². The Labute approximate surface area is 47.5 Å². The fraction of sp³-hybridized carbons (Fsp3) is 0.750. The minimum Gasteiger partial charge on any atom is -0.301 e. The summed E-state index contributed by atoms with van der Waals surface area (Å²) >= 11 is 0. The lowest BCUT2D eigenvalue weighted by atomic mass is 10.2. The van der Waals surface area contributed by atoms with Crippen LogP contribution in [0.5, 0.6) is 0 Å². The summed E-state index contributed by atoms with van der Waals surface area (Å²) in [5.41, 5.74) is 4.95. The number of nitrogens with zero attached hydrogens (tertiary/aromatic N) is 3. The lowest BCUT2D eigenvalue weighted by Crippen LogP contribution is -2.36. The van der Waals surface area contributed by atoms with E-state index < -0.39 is 5.66 Å². The summed E-state index contributed by atoms with van der Waals surface area (Å²) in [5.74, 6) is 0. The minimum atomic E-state index is -0.597. The van der Waals surface area contributed by atoms with E-state index in [-0.39, 0.29) is 0 Å². The van der Waals surface area contributed by atoms with Crippen molar-refractivity contribution in [1.29, 1.82) is 0 Å². The summed E-state index contributed by atoms with van der Waals surface area (Å²) in [5, 5.41) is 10.6. The van der Waals surface area contributed by atoms with Gasteiger partial charge in [-0.1, -0.05) is 6.92 Å². The van der Waals surface area contributed by atoms with Crippen molar-refractivity contribution in [3.8, 4) is 0 Å². The van der Waals surface area contributed by atoms with Crippen LogP contribution in [0.3, 0.4) is 0 Å². The molecule has 0 amide bonds. The first-order valence-electron chi connectivity index (χ1n) is 2.52. The van der Waals surface area contributed by atoms with Crippen molar-refractivity contribution in [2.45, 2.75) is 19.0 Å². The van der Waals surface area contributed by atoms with Crippen LogP contribution in [0.4, 0.5) is 0 Å². The van der Waals surface area contributed by atoms with Gasteiger partial charge in [-0.2, -0.15) is 0 Å². The van der Waals surface area contributed by atoms with Gasteiger partial charge in [-0.25, -0.2) is 0 Å². The highest BCUT2D eigenvalue weighted by Gasteiger charge is 2.21. The molecule has 0 bridgehead atoms. The molecule has 1 heterocycles. The highest BCUT2D eigenvalue weighted by molar-refractivity contribution is 5.70. The molecule has 0 radical (unpaired) electrons. The van der Waals surface area contributed by atoms with E-state index >= 15 is 0 Å². The van der Waals surface area contributed by atoms with Crippen LogP contribution in [0, 0.1) is 0 Å². The van der Waals surface area contributed by atoms with E-state index in [1.54, 1.807) is 6.21 Å². The SMILES string of the molecule is CCC1(N)C=NN=N1. The molecule has 1 atom stereocenters. The van der Waals surface area contributed by atoms with Gasteiger partial charge in [0, 0.05) is 0 Å². The molecule has 0 aromatic rings. The molecule has 4 heteroatoms. The van der Waals surface area contributed by atoms with Crippen LogP contribution in [0.2, 0.25) is 0 Å². The van der Waals surface area contributed by atoms with Crippen molar-refractivity contribution < 1.29 is 0 Å². The van der Waals surface area contributed by atoms with Crippen LogP contribution in [-0.2, 0) is 0 Å². The Kier molecular flexibility index (Phi) is 1.09. The fourth-order valence-corrected chi connectivity index (χ4v) is 0.423. The van der Waals surface area contributed by atoms with Gasteiger partial charge in [0.1, 0.15) is 0 Å². The number of rotatable bonds is 1. The Bertz CT molecular complexity index is 125. The lowest BCUT2D eigenvalue weighted by Gasteiger charge is -2.09. The first-order chi connectivity index (χ1) is 3.77. The molecule has 8 heavy (non-hydrogen) atoms. The second-order valence-corrected chi connectivity index (χ2v) is 1.78. The second kappa shape index (κ2) is 1.63. The molecule has 0 fully saturated rings. The zero-order valence-electron chi connectivity index (χ0n) is 4.70. The van der Waals surface area contributed by atoms with Gasteiger partial charge in [0.05, 0.1) is 6.21 Å². The second-order valence-electron chi connectivity index (χ2n) is 1.78. The molecule has 2 N–H and O–H groups in total. The maximum Gasteiger partial charge on any atom is 0.168 e. The van der Waals surface area contributed by atoms with Gasteiger partial charge < -0.3 is 5.73 Å². The van der Waals surface area contributed by atoms with Crippen LogP contribution in [0.25, 0.3) is 0 Å². The number of hydrogen-bond donors (Lipinski definition) is 1. The monoisotopic (exact) mass is 112 g/mol. The van der Waals surface area contributed by atoms with Crippen molar-refractivity contribution in [2.75, 3.05) is 0 Å². The Balaban J connectivity index is 2.69. The van der Waals surface area contributed by atoms with Crippen LogP contribution >= 0.6 is 0 Å². The maximum atomic E-state index is 5.55. The fourth-order valence-electron chi connectivity index (χ4n) is 0.423. The lowest BCUT2D eigenvalue weighted by molar-refractivity contribution is 0.572. The smallest absolute Gasteiger partial charge is 0.168 e. The van der Waals surface area contributed by atoms with Crippen molar-refractivity contribution in [3.05, 3.63) is 0 Å². The summed E-state index contributed by atoms with van der Waals surface area (Å²) in [4.78, 5) is 0. The van der Waals surface area contributed by atoms with Crippen molar-refractivity contribution in [1.82, 2.24) is 0 Å². The predicted molar refractivity (Wildman–Crippen MR) is 30.6 cm³/mol. The van der Waals surface area contributed by atoms with Gasteiger partial charge in [-0.3, -0.25) is 0 Å². The molecule has 1 unspecified atom stereocenters. The molecule has 0 saturated heterocycles. The summed E-state index contributed by atoms with van der Waals surface area (Å²) < 4.78 is 0. The highest BCUT2D eigenvalue weighted by Crippen LogP contribution is 2.10. The Hall–Kier alpha value is -0.770. The standard InChI is InChI=1S/C4H8N4/c1-2-4(5)3-6-8-7-4/h3H,2,5H2,1H3. The van der Waals surface area contributed by atoms with Gasteiger partial charge in [0.15, 0.2) is 5.66 Å². The molecule has 1 aliphatic heterocycles. The Morgan fingerprint density at radius 3 is 2.75 bits per heavy atom. The third-order valence-electron chi connectivity index (χ3n) is 1.13. The normalized spacial score (nSPS) is 34.2. The average molecular weight is 112 g/mol. The number of nitrogens with two attached hydrogens (primary N) is 1. The summed E-state index contributed by atoms with van der Waals surface area (Å²) in [7, 11) is 0. The Morgan fingerprint density at radius 2 is 2.50 bits per heavy atom. The van der Waals surface area contributed by atoms with E-state index in [9.17, 15) is 0 Å². The van der Waals surface area contributed by atoms with E-state index in [4.69, 9.17) is 5.73 Å². The largest absolute Gasteiger partial charge is 0.301 e. The highest BCUT2D eigenvalue weighted by atomic mass is 15.4. The molecule has 1 rings (SSSR count). The first-order valence-corrected chi connectivity index (χ1v) is 2.52. The summed E-state index contributed by atoms with van der Waals surface area (Å²) in [6.07, 6.45) is 2.30. The molecular formula is C4H8N4. The summed E-state index contributed by atoms with van der Waals surface area (Å²) in [6, 6.07) is 0. The Morgan fingerprint density at radius 1 is 1.75 bits per heavy atom. The zero-order chi connectivity index (χ0) is 6.04. The molecule has 0 aliphatic carbocycles. The van der Waals surface area contributed by atoms with Gasteiger partial charge in [-0.05, 0) is 11.6 Å². The number of hydrogen-bond acceptors (Lipinski definition) is 4. The van der Waals surface area contributed by atoms with E-state index in [1.807, 2.05) is 6.92 Å². The predicted octanol–water partition coefficient (Wildman–Crippen LogP) is 0.503. The molecule has 44 valence electrons. The molecule has 4 nitrogen and oxygen atoms in total. The van der Waals surface area contributed by atoms with E-state index in [0.717, 1.165) is 6.42 Å². The molecule has 0 aromatic carbocycles. The van der Waals surface area contributed by atoms with Crippen LogP contribution in [0.15, 0.2) is 15.4 Å². The molecule has 0 aromatic heterocycles. The van der Waals surface area contributed by atoms with Gasteiger partial charge in [0.2, 0.25) is 0 Å². The first kappa shape index (κ1) is 5.37. The molecule has 0 spiro atoms. The zero-order valence-corrected chi connectivity index (χ0v) is 4.70. The van der Waals surface area contributed by atoms with Crippen LogP contribution < -0.4 is 5.73 Å². The third kappa shape index (κ3) is 0.742. The third-order valence-corrected chi connectivity index (χ3v) is 1.13. The van der Waals surface area contributed by atoms with E-state index in [2.05, 4.69) is 15.4 Å². The molecule has 0 saturated carbocycles. The van der Waals surface area contributed by atoms with Crippen molar-refractivity contribution in [2.24, 2.45) is 21.2 Å². The van der Waals surface area contributed by atoms with Crippen molar-refractivity contribution in [3.63, 3.8) is 0 Å². The van der Waals surface area contributed by atoms with Crippen molar-refractivity contribution >= 4 is 6.21 Å². The topological polar surface area (TPSA) is 63.1 Å². The molecular weight excluding hydrogens is 104 g/mol. The minimum absolute atomic E-state index is 0.597. The average Bonchev–Trinajstić information content (AvgIpc) is 2.17. The summed E-state index contributed by atoms with van der Waals surface area (Å²) in [6.45, 7) is 1.94. The quantitative estimate of drug-likeness (QED) is 0.527. The van der Waals surface area contributed by atoms with E-state index in [0.29, 0.717) is 0 Å².